The maximum absolute atomic E-state index is 11.3. The Morgan fingerprint density at radius 3 is 2.93 bits per heavy atom. The van der Waals surface area contributed by atoms with E-state index in [4.69, 9.17) is 5.14 Å². The van der Waals surface area contributed by atoms with Crippen molar-refractivity contribution in [2.75, 3.05) is 0 Å². The van der Waals surface area contributed by atoms with Crippen molar-refractivity contribution >= 4 is 26.3 Å². The molecule has 2 rings (SSSR count). The minimum absolute atomic E-state index is 0.108. The van der Waals surface area contributed by atoms with Gasteiger partial charge >= 0.3 is 0 Å². The van der Waals surface area contributed by atoms with Gasteiger partial charge in [0.15, 0.2) is 9.99 Å². The zero-order valence-corrected chi connectivity index (χ0v) is 9.10. The van der Waals surface area contributed by atoms with Crippen LogP contribution in [0.2, 0.25) is 0 Å². The van der Waals surface area contributed by atoms with E-state index < -0.39 is 10.0 Å². The lowest BCUT2D eigenvalue weighted by atomic mass is 10.4. The van der Waals surface area contributed by atoms with Crippen molar-refractivity contribution in [2.45, 2.75) is 18.4 Å². The number of nitrogens with two attached hydrogens (primary N) is 1. The SMILES string of the molecule is CCc1nc2sccn2c1S(N)(=O)=O. The number of fused-ring (bicyclic) bond motifs is 1. The minimum atomic E-state index is -3.69. The molecule has 14 heavy (non-hydrogen) atoms. The molecule has 2 heterocycles. The van der Waals surface area contributed by atoms with Crippen LogP contribution < -0.4 is 5.14 Å². The molecule has 0 aliphatic heterocycles. The van der Waals surface area contributed by atoms with Crippen molar-refractivity contribution in [3.05, 3.63) is 17.3 Å². The maximum atomic E-state index is 11.3. The van der Waals surface area contributed by atoms with E-state index in [9.17, 15) is 8.42 Å². The van der Waals surface area contributed by atoms with Gasteiger partial charge in [0.05, 0.1) is 5.69 Å². The maximum Gasteiger partial charge on any atom is 0.255 e. The van der Waals surface area contributed by atoms with Gasteiger partial charge in [0.25, 0.3) is 10.0 Å². The summed E-state index contributed by atoms with van der Waals surface area (Å²) in [6.07, 6.45) is 2.21. The normalized spacial score (nSPS) is 12.4. The number of hydrogen-bond donors (Lipinski definition) is 1. The van der Waals surface area contributed by atoms with E-state index in [1.54, 1.807) is 11.6 Å². The number of hydrogen-bond acceptors (Lipinski definition) is 4. The predicted octanol–water partition coefficient (Wildman–Crippen LogP) is 0.606. The number of primary sulfonamides is 1. The van der Waals surface area contributed by atoms with Crippen LogP contribution in [-0.2, 0) is 16.4 Å². The summed E-state index contributed by atoms with van der Waals surface area (Å²) < 4.78 is 24.1. The van der Waals surface area contributed by atoms with E-state index in [0.29, 0.717) is 17.1 Å². The molecule has 5 nitrogen and oxygen atoms in total. The van der Waals surface area contributed by atoms with Gasteiger partial charge in [-0.1, -0.05) is 6.92 Å². The number of nitrogens with zero attached hydrogens (tertiary/aromatic N) is 2. The third-order valence-electron chi connectivity index (χ3n) is 1.89. The first-order valence-corrected chi connectivity index (χ1v) is 6.44. The lowest BCUT2D eigenvalue weighted by molar-refractivity contribution is 0.591. The Labute approximate surface area is 85.2 Å². The highest BCUT2D eigenvalue weighted by molar-refractivity contribution is 7.89. The lowest BCUT2D eigenvalue weighted by Crippen LogP contribution is -2.16. The molecule has 0 saturated carbocycles. The molecule has 0 unspecified atom stereocenters. The second kappa shape index (κ2) is 3.04. The Kier molecular flexibility index (Phi) is 2.09. The molecule has 76 valence electrons. The van der Waals surface area contributed by atoms with Gasteiger partial charge in [-0.25, -0.2) is 18.5 Å². The third kappa shape index (κ3) is 1.33. The molecule has 0 amide bonds. The van der Waals surface area contributed by atoms with E-state index in [1.807, 2.05) is 6.92 Å². The van der Waals surface area contributed by atoms with Gasteiger partial charge in [-0.2, -0.15) is 0 Å². The molecular formula is C7H9N3O2S2. The van der Waals surface area contributed by atoms with E-state index in [0.717, 1.165) is 0 Å². The smallest absolute Gasteiger partial charge is 0.255 e. The van der Waals surface area contributed by atoms with Crippen LogP contribution in [-0.4, -0.2) is 17.8 Å². The molecule has 0 bridgehead atoms. The first-order valence-electron chi connectivity index (χ1n) is 4.01. The summed E-state index contributed by atoms with van der Waals surface area (Å²) in [5.74, 6) is 0. The summed E-state index contributed by atoms with van der Waals surface area (Å²) in [6, 6.07) is 0. The van der Waals surface area contributed by atoms with Crippen molar-refractivity contribution < 1.29 is 8.42 Å². The topological polar surface area (TPSA) is 77.5 Å². The summed E-state index contributed by atoms with van der Waals surface area (Å²) in [6.45, 7) is 1.85. The zero-order valence-electron chi connectivity index (χ0n) is 7.47. The molecule has 7 heteroatoms. The molecular weight excluding hydrogens is 222 g/mol. The summed E-state index contributed by atoms with van der Waals surface area (Å²) in [7, 11) is -3.69. The largest absolute Gasteiger partial charge is 0.280 e. The molecule has 0 atom stereocenters. The van der Waals surface area contributed by atoms with Crippen molar-refractivity contribution in [1.29, 1.82) is 0 Å². The number of imidazole rings is 1. The monoisotopic (exact) mass is 231 g/mol. The first-order chi connectivity index (χ1) is 6.54. The Morgan fingerprint density at radius 1 is 1.64 bits per heavy atom. The Balaban J connectivity index is 2.88. The van der Waals surface area contributed by atoms with Crippen LogP contribution in [0.4, 0.5) is 0 Å². The van der Waals surface area contributed by atoms with Crippen LogP contribution >= 0.6 is 11.3 Å². The summed E-state index contributed by atoms with van der Waals surface area (Å²) in [5.41, 5.74) is 0.527. The van der Waals surface area contributed by atoms with E-state index >= 15 is 0 Å². The van der Waals surface area contributed by atoms with Gasteiger partial charge in [-0.05, 0) is 6.42 Å². The van der Waals surface area contributed by atoms with Crippen molar-refractivity contribution in [1.82, 2.24) is 9.38 Å². The minimum Gasteiger partial charge on any atom is -0.280 e. The van der Waals surface area contributed by atoms with E-state index in [2.05, 4.69) is 4.98 Å². The Morgan fingerprint density at radius 2 is 2.36 bits per heavy atom. The Bertz CT molecular complexity index is 567. The highest BCUT2D eigenvalue weighted by Crippen LogP contribution is 2.20. The van der Waals surface area contributed by atoms with Gasteiger partial charge in [0.1, 0.15) is 0 Å². The highest BCUT2D eigenvalue weighted by atomic mass is 32.2. The fourth-order valence-corrected chi connectivity index (χ4v) is 3.07. The van der Waals surface area contributed by atoms with Gasteiger partial charge < -0.3 is 0 Å². The summed E-state index contributed by atoms with van der Waals surface area (Å²) in [5, 5.41) is 7.00. The molecule has 2 aromatic heterocycles. The summed E-state index contributed by atoms with van der Waals surface area (Å²) >= 11 is 1.39. The number of aryl methyl sites for hydroxylation is 1. The van der Waals surface area contributed by atoms with Crippen LogP contribution in [0.5, 0.6) is 0 Å². The van der Waals surface area contributed by atoms with Gasteiger partial charge in [-0.15, -0.1) is 11.3 Å². The molecule has 0 aliphatic rings. The molecule has 0 fully saturated rings. The Hall–Kier alpha value is -0.920. The first kappa shape index (κ1) is 9.63. The molecule has 0 radical (unpaired) electrons. The molecule has 2 aromatic rings. The zero-order chi connectivity index (χ0) is 10.3. The molecule has 0 saturated heterocycles. The number of sulfonamides is 1. The van der Waals surface area contributed by atoms with Gasteiger partial charge in [0, 0.05) is 11.6 Å². The summed E-state index contributed by atoms with van der Waals surface area (Å²) in [4.78, 5) is 4.84. The number of thiazole rings is 1. The fraction of sp³-hybridized carbons (Fsp3) is 0.286. The standard InChI is InChI=1S/C7H9N3O2S2/c1-2-5-6(14(8,11)12)10-3-4-13-7(10)9-5/h3-4H,2H2,1H3,(H2,8,11,12). The molecule has 2 N–H and O–H groups in total. The van der Waals surface area contributed by atoms with Gasteiger partial charge in [-0.3, -0.25) is 4.40 Å². The van der Waals surface area contributed by atoms with Crippen LogP contribution in [0.15, 0.2) is 16.6 Å². The van der Waals surface area contributed by atoms with E-state index in [-0.39, 0.29) is 5.03 Å². The average Bonchev–Trinajstić information content (AvgIpc) is 2.57. The van der Waals surface area contributed by atoms with Crippen molar-refractivity contribution in [3.63, 3.8) is 0 Å². The van der Waals surface area contributed by atoms with Crippen LogP contribution in [0, 0.1) is 0 Å². The molecule has 0 spiro atoms. The van der Waals surface area contributed by atoms with Crippen molar-refractivity contribution in [2.24, 2.45) is 5.14 Å². The lowest BCUT2D eigenvalue weighted by Gasteiger charge is -1.97. The fourth-order valence-electron chi connectivity index (χ4n) is 1.34. The molecule has 0 aliphatic carbocycles. The predicted molar refractivity (Wildman–Crippen MR) is 53.8 cm³/mol. The number of rotatable bonds is 2. The average molecular weight is 231 g/mol. The number of aromatic nitrogens is 2. The second-order valence-electron chi connectivity index (χ2n) is 2.82. The highest BCUT2D eigenvalue weighted by Gasteiger charge is 2.20. The second-order valence-corrected chi connectivity index (χ2v) is 5.17. The van der Waals surface area contributed by atoms with Crippen LogP contribution in [0.3, 0.4) is 0 Å². The third-order valence-corrected chi connectivity index (χ3v) is 3.62. The molecule has 0 aromatic carbocycles. The van der Waals surface area contributed by atoms with Crippen LogP contribution in [0.1, 0.15) is 12.6 Å². The van der Waals surface area contributed by atoms with E-state index in [1.165, 1.54) is 15.7 Å². The van der Waals surface area contributed by atoms with Crippen molar-refractivity contribution in [3.8, 4) is 0 Å². The van der Waals surface area contributed by atoms with Crippen LogP contribution in [0.25, 0.3) is 4.96 Å². The quantitative estimate of drug-likeness (QED) is 0.822. The van der Waals surface area contributed by atoms with Gasteiger partial charge in [0.2, 0.25) is 0 Å².